The molecule has 9 heteroatoms. The SMILES string of the molecule is N#Cc1ccc2oc(-c3c(Cl)nc(N)nc3N[C@@H]3C[C@H](CO)C[C@H]3O)cc2c1. The minimum absolute atomic E-state index is 0.00896. The normalized spacial score (nSPS) is 21.7. The number of aliphatic hydroxyl groups excluding tert-OH is 2. The van der Waals surface area contributed by atoms with Gasteiger partial charge in [0.1, 0.15) is 22.3 Å². The van der Waals surface area contributed by atoms with Crippen molar-refractivity contribution < 1.29 is 14.6 Å². The first-order chi connectivity index (χ1) is 13.5. The van der Waals surface area contributed by atoms with Crippen molar-refractivity contribution in [3.8, 4) is 17.4 Å². The van der Waals surface area contributed by atoms with Crippen molar-refractivity contribution in [3.63, 3.8) is 0 Å². The van der Waals surface area contributed by atoms with E-state index in [1.165, 1.54) is 0 Å². The number of nitrogen functional groups attached to an aromatic ring is 1. The predicted octanol–water partition coefficient (Wildman–Crippen LogP) is 2.54. The van der Waals surface area contributed by atoms with Crippen molar-refractivity contribution in [2.45, 2.75) is 25.0 Å². The van der Waals surface area contributed by atoms with Crippen molar-refractivity contribution in [2.24, 2.45) is 5.92 Å². The van der Waals surface area contributed by atoms with E-state index in [4.69, 9.17) is 27.0 Å². The van der Waals surface area contributed by atoms with E-state index in [2.05, 4.69) is 21.4 Å². The Bertz CT molecular complexity index is 1080. The summed E-state index contributed by atoms with van der Waals surface area (Å²) < 4.78 is 5.89. The van der Waals surface area contributed by atoms with Crippen LogP contribution in [0.3, 0.4) is 0 Å². The average Bonchev–Trinajstić information content (AvgIpc) is 3.23. The second kappa shape index (κ2) is 7.28. The molecule has 1 saturated carbocycles. The minimum atomic E-state index is -0.631. The molecule has 0 bridgehead atoms. The first kappa shape index (κ1) is 18.5. The molecule has 3 atom stereocenters. The van der Waals surface area contributed by atoms with Crippen LogP contribution in [0.1, 0.15) is 18.4 Å². The van der Waals surface area contributed by atoms with E-state index in [0.29, 0.717) is 41.1 Å². The Kier molecular flexibility index (Phi) is 4.81. The number of rotatable bonds is 4. The zero-order chi connectivity index (χ0) is 19.8. The van der Waals surface area contributed by atoms with Gasteiger partial charge >= 0.3 is 0 Å². The fourth-order valence-electron chi connectivity index (χ4n) is 3.61. The van der Waals surface area contributed by atoms with E-state index in [0.717, 1.165) is 5.39 Å². The Morgan fingerprint density at radius 3 is 2.86 bits per heavy atom. The monoisotopic (exact) mass is 399 g/mol. The van der Waals surface area contributed by atoms with E-state index in [-0.39, 0.29) is 29.7 Å². The number of halogens is 1. The zero-order valence-electron chi connectivity index (χ0n) is 14.8. The van der Waals surface area contributed by atoms with Crippen LogP contribution in [0.2, 0.25) is 5.15 Å². The maximum absolute atomic E-state index is 10.3. The van der Waals surface area contributed by atoms with Crippen LogP contribution < -0.4 is 11.1 Å². The van der Waals surface area contributed by atoms with Gasteiger partial charge in [-0.15, -0.1) is 0 Å². The predicted molar refractivity (Wildman–Crippen MR) is 105 cm³/mol. The largest absolute Gasteiger partial charge is 0.456 e. The highest BCUT2D eigenvalue weighted by molar-refractivity contribution is 6.32. The number of furan rings is 1. The summed E-state index contributed by atoms with van der Waals surface area (Å²) in [6.45, 7) is 0.0135. The molecule has 144 valence electrons. The van der Waals surface area contributed by atoms with Gasteiger partial charge in [0.05, 0.1) is 29.3 Å². The highest BCUT2D eigenvalue weighted by atomic mass is 35.5. The molecule has 0 amide bonds. The first-order valence-electron chi connectivity index (χ1n) is 8.81. The fraction of sp³-hybridized carbons (Fsp3) is 0.316. The van der Waals surface area contributed by atoms with Crippen LogP contribution in [-0.4, -0.2) is 38.9 Å². The average molecular weight is 400 g/mol. The highest BCUT2D eigenvalue weighted by Gasteiger charge is 2.34. The van der Waals surface area contributed by atoms with Gasteiger partial charge in [0.15, 0.2) is 0 Å². The van der Waals surface area contributed by atoms with Crippen LogP contribution in [-0.2, 0) is 0 Å². The van der Waals surface area contributed by atoms with Crippen molar-refractivity contribution in [3.05, 3.63) is 35.0 Å². The van der Waals surface area contributed by atoms with Gasteiger partial charge < -0.3 is 25.7 Å². The Morgan fingerprint density at radius 2 is 2.14 bits per heavy atom. The summed E-state index contributed by atoms with van der Waals surface area (Å²) in [5.41, 5.74) is 7.29. The van der Waals surface area contributed by atoms with E-state index < -0.39 is 6.10 Å². The first-order valence-corrected chi connectivity index (χ1v) is 9.18. The number of nitrogens with two attached hydrogens (primary N) is 1. The van der Waals surface area contributed by atoms with Crippen LogP contribution >= 0.6 is 11.6 Å². The van der Waals surface area contributed by atoms with Gasteiger partial charge in [-0.2, -0.15) is 10.2 Å². The molecule has 0 radical (unpaired) electrons. The molecule has 1 fully saturated rings. The van der Waals surface area contributed by atoms with Gasteiger partial charge in [-0.1, -0.05) is 11.6 Å². The number of hydrogen-bond donors (Lipinski definition) is 4. The van der Waals surface area contributed by atoms with E-state index >= 15 is 0 Å². The molecule has 3 aromatic rings. The number of hydrogen-bond acceptors (Lipinski definition) is 8. The molecule has 28 heavy (non-hydrogen) atoms. The molecule has 5 N–H and O–H groups in total. The molecule has 8 nitrogen and oxygen atoms in total. The number of nitrogens with zero attached hydrogens (tertiary/aromatic N) is 3. The molecule has 1 aromatic carbocycles. The molecule has 0 saturated heterocycles. The lowest BCUT2D eigenvalue weighted by Gasteiger charge is -2.19. The summed E-state index contributed by atoms with van der Waals surface area (Å²) in [5.74, 6) is 0.773. The number of aliphatic hydroxyl groups is 2. The number of nitrogens with one attached hydrogen (secondary N) is 1. The van der Waals surface area contributed by atoms with Crippen molar-refractivity contribution in [1.29, 1.82) is 5.26 Å². The molecule has 4 rings (SSSR count). The molecule has 0 unspecified atom stereocenters. The summed E-state index contributed by atoms with van der Waals surface area (Å²) in [6.07, 6.45) is 0.456. The lowest BCUT2D eigenvalue weighted by molar-refractivity contribution is 0.157. The quantitative estimate of drug-likeness (QED) is 0.490. The number of nitriles is 1. The molecular formula is C19H18ClN5O3. The number of benzene rings is 1. The second-order valence-electron chi connectivity index (χ2n) is 6.91. The fourth-order valence-corrected chi connectivity index (χ4v) is 3.88. The number of fused-ring (bicyclic) bond motifs is 1. The summed E-state index contributed by atoms with van der Waals surface area (Å²) >= 11 is 6.35. The van der Waals surface area contributed by atoms with Crippen LogP contribution in [0.5, 0.6) is 0 Å². The van der Waals surface area contributed by atoms with Gasteiger partial charge in [0, 0.05) is 12.0 Å². The summed E-state index contributed by atoms with van der Waals surface area (Å²) in [7, 11) is 0. The summed E-state index contributed by atoms with van der Waals surface area (Å²) in [4.78, 5) is 8.26. The minimum Gasteiger partial charge on any atom is -0.456 e. The van der Waals surface area contributed by atoms with Crippen molar-refractivity contribution in [1.82, 2.24) is 9.97 Å². The third-order valence-electron chi connectivity index (χ3n) is 4.98. The molecular weight excluding hydrogens is 382 g/mol. The van der Waals surface area contributed by atoms with E-state index in [9.17, 15) is 10.2 Å². The lowest BCUT2D eigenvalue weighted by Crippen LogP contribution is -2.29. The van der Waals surface area contributed by atoms with Gasteiger partial charge in [0.2, 0.25) is 5.95 Å². The smallest absolute Gasteiger partial charge is 0.223 e. The molecule has 0 spiro atoms. The van der Waals surface area contributed by atoms with Gasteiger partial charge in [0.25, 0.3) is 0 Å². The Labute approximate surface area is 165 Å². The molecule has 0 aliphatic heterocycles. The zero-order valence-corrected chi connectivity index (χ0v) is 15.5. The van der Waals surface area contributed by atoms with Gasteiger partial charge in [-0.3, -0.25) is 0 Å². The lowest BCUT2D eigenvalue weighted by atomic mass is 10.1. The standard InChI is InChI=1S/C19H18ClN5O3/c20-17-16(15-6-11-3-9(7-21)1-2-14(11)28-15)18(25-19(22)24-17)23-12-4-10(8-26)5-13(12)27/h1-3,6,10,12-13,26-27H,4-5,8H2,(H3,22,23,24,25)/t10-,12+,13+/m0/s1. The molecule has 1 aliphatic carbocycles. The van der Waals surface area contributed by atoms with Crippen LogP contribution in [0.4, 0.5) is 11.8 Å². The molecule has 2 heterocycles. The van der Waals surface area contributed by atoms with Gasteiger partial charge in [-0.25, -0.2) is 4.98 Å². The van der Waals surface area contributed by atoms with Crippen molar-refractivity contribution in [2.75, 3.05) is 17.7 Å². The van der Waals surface area contributed by atoms with Crippen molar-refractivity contribution >= 4 is 34.3 Å². The second-order valence-corrected chi connectivity index (χ2v) is 7.27. The van der Waals surface area contributed by atoms with E-state index in [1.54, 1.807) is 24.3 Å². The topological polar surface area (TPSA) is 141 Å². The Morgan fingerprint density at radius 1 is 1.32 bits per heavy atom. The van der Waals surface area contributed by atoms with Crippen LogP contribution in [0, 0.1) is 17.2 Å². The van der Waals surface area contributed by atoms with Crippen LogP contribution in [0.15, 0.2) is 28.7 Å². The maximum atomic E-state index is 10.3. The Hall–Kier alpha value is -2.86. The maximum Gasteiger partial charge on any atom is 0.223 e. The number of anilines is 2. The molecule has 1 aliphatic rings. The molecule has 2 aromatic heterocycles. The van der Waals surface area contributed by atoms with Crippen LogP contribution in [0.25, 0.3) is 22.3 Å². The summed E-state index contributed by atoms with van der Waals surface area (Å²) in [5, 5.41) is 32.8. The third-order valence-corrected chi connectivity index (χ3v) is 5.25. The summed E-state index contributed by atoms with van der Waals surface area (Å²) in [6, 6.07) is 8.63. The highest BCUT2D eigenvalue weighted by Crippen LogP contribution is 2.38. The number of aromatic nitrogens is 2. The van der Waals surface area contributed by atoms with E-state index in [1.807, 2.05) is 0 Å². The third kappa shape index (κ3) is 3.36. The van der Waals surface area contributed by atoms with Gasteiger partial charge in [-0.05, 0) is 43.0 Å². The Balaban J connectivity index is 1.76.